The summed E-state index contributed by atoms with van der Waals surface area (Å²) in [5.41, 5.74) is 1.78. The predicted molar refractivity (Wildman–Crippen MR) is 143 cm³/mol. The number of fused-ring (bicyclic) bond motifs is 3. The van der Waals surface area contributed by atoms with Crippen LogP contribution in [0.4, 0.5) is 15.1 Å². The van der Waals surface area contributed by atoms with Crippen molar-refractivity contribution in [2.45, 2.75) is 75.8 Å². The molecule has 12 heteroatoms. The number of hydrogen-bond donors (Lipinski definition) is 2. The molecular formula is C27H32ClFN6O4. The molecule has 3 aliphatic rings. The van der Waals surface area contributed by atoms with Gasteiger partial charge >= 0.3 is 6.09 Å². The van der Waals surface area contributed by atoms with E-state index >= 15 is 4.39 Å². The van der Waals surface area contributed by atoms with Crippen LogP contribution in [0.1, 0.15) is 57.3 Å². The number of halogens is 2. The Labute approximate surface area is 230 Å². The van der Waals surface area contributed by atoms with E-state index in [2.05, 4.69) is 15.3 Å². The highest BCUT2D eigenvalue weighted by molar-refractivity contribution is 6.33. The first-order valence-electron chi connectivity index (χ1n) is 13.4. The van der Waals surface area contributed by atoms with Crippen molar-refractivity contribution in [2.75, 3.05) is 25.5 Å². The minimum atomic E-state index is -0.662. The molecule has 0 radical (unpaired) electrons. The number of ether oxygens (including phenoxy) is 2. The monoisotopic (exact) mass is 558 g/mol. The van der Waals surface area contributed by atoms with Crippen LogP contribution in [0.15, 0.2) is 18.3 Å². The van der Waals surface area contributed by atoms with Crippen LogP contribution >= 0.6 is 11.6 Å². The van der Waals surface area contributed by atoms with Crippen molar-refractivity contribution in [2.24, 2.45) is 0 Å². The van der Waals surface area contributed by atoms with E-state index < -0.39 is 11.9 Å². The van der Waals surface area contributed by atoms with Crippen molar-refractivity contribution in [3.63, 3.8) is 0 Å². The van der Waals surface area contributed by atoms with Gasteiger partial charge in [-0.05, 0) is 51.7 Å². The van der Waals surface area contributed by atoms with Crippen molar-refractivity contribution >= 4 is 34.7 Å². The molecule has 2 N–H and O–H groups in total. The van der Waals surface area contributed by atoms with E-state index in [0.29, 0.717) is 48.7 Å². The molecule has 1 amide bonds. The van der Waals surface area contributed by atoms with Crippen LogP contribution in [0.2, 0.25) is 5.02 Å². The van der Waals surface area contributed by atoms with E-state index in [1.54, 1.807) is 4.90 Å². The summed E-state index contributed by atoms with van der Waals surface area (Å²) >= 11 is 6.52. The first-order valence-corrected chi connectivity index (χ1v) is 13.8. The summed E-state index contributed by atoms with van der Waals surface area (Å²) < 4.78 is 28.3. The quantitative estimate of drug-likeness (QED) is 0.470. The lowest BCUT2D eigenvalue weighted by atomic mass is 10.0. The van der Waals surface area contributed by atoms with Gasteiger partial charge in [-0.2, -0.15) is 0 Å². The molecule has 3 aromatic rings. The lowest BCUT2D eigenvalue weighted by Crippen LogP contribution is -2.47. The number of carbonyl (C=O) groups excluding carboxylic acids is 1. The lowest BCUT2D eigenvalue weighted by molar-refractivity contribution is -0.0811. The summed E-state index contributed by atoms with van der Waals surface area (Å²) in [6.07, 6.45) is 3.52. The van der Waals surface area contributed by atoms with Crippen LogP contribution in [0.25, 0.3) is 22.3 Å². The van der Waals surface area contributed by atoms with E-state index in [-0.39, 0.29) is 46.8 Å². The molecule has 39 heavy (non-hydrogen) atoms. The normalized spacial score (nSPS) is 26.5. The average molecular weight is 559 g/mol. The van der Waals surface area contributed by atoms with E-state index in [1.165, 1.54) is 19.4 Å². The Morgan fingerprint density at radius 2 is 2.10 bits per heavy atom. The molecule has 10 nitrogen and oxygen atoms in total. The van der Waals surface area contributed by atoms with Gasteiger partial charge in [0.1, 0.15) is 17.4 Å². The number of carbonyl (C=O) groups is 1. The molecule has 0 unspecified atom stereocenters. The summed E-state index contributed by atoms with van der Waals surface area (Å²) in [6.45, 7) is 5.06. The Morgan fingerprint density at radius 1 is 1.28 bits per heavy atom. The Kier molecular flexibility index (Phi) is 6.84. The molecule has 2 bridgehead atoms. The number of amides is 1. The third-order valence-electron chi connectivity index (χ3n) is 8.06. The van der Waals surface area contributed by atoms with Crippen LogP contribution in [-0.2, 0) is 9.47 Å². The summed E-state index contributed by atoms with van der Waals surface area (Å²) in [6, 6.07) is 2.99. The molecule has 5 atom stereocenters. The van der Waals surface area contributed by atoms with Gasteiger partial charge < -0.3 is 29.4 Å². The molecule has 0 aliphatic carbocycles. The van der Waals surface area contributed by atoms with Gasteiger partial charge in [-0.15, -0.1) is 0 Å². The Morgan fingerprint density at radius 3 is 2.87 bits per heavy atom. The fourth-order valence-corrected chi connectivity index (χ4v) is 6.39. The molecule has 0 spiro atoms. The number of benzene rings is 1. The topological polar surface area (TPSA) is 115 Å². The van der Waals surface area contributed by atoms with Gasteiger partial charge in [-0.3, -0.25) is 0 Å². The first kappa shape index (κ1) is 26.2. The second-order valence-corrected chi connectivity index (χ2v) is 11.3. The molecule has 3 saturated heterocycles. The van der Waals surface area contributed by atoms with E-state index in [0.717, 1.165) is 18.7 Å². The zero-order valence-electron chi connectivity index (χ0n) is 22.1. The van der Waals surface area contributed by atoms with Crippen molar-refractivity contribution in [1.82, 2.24) is 24.4 Å². The Hall–Kier alpha value is -3.02. The van der Waals surface area contributed by atoms with Crippen LogP contribution in [0, 0.1) is 5.82 Å². The molecule has 5 heterocycles. The van der Waals surface area contributed by atoms with Crippen molar-refractivity contribution < 1.29 is 23.8 Å². The summed E-state index contributed by atoms with van der Waals surface area (Å²) in [5, 5.41) is 14.2. The number of imidazole rings is 1. The van der Waals surface area contributed by atoms with Crippen molar-refractivity contribution in [3.8, 4) is 11.3 Å². The molecule has 3 aliphatic heterocycles. The maximum Gasteiger partial charge on any atom is 0.409 e. The van der Waals surface area contributed by atoms with E-state index in [9.17, 15) is 9.90 Å². The third kappa shape index (κ3) is 4.70. The molecule has 2 aromatic heterocycles. The summed E-state index contributed by atoms with van der Waals surface area (Å²) in [7, 11) is 1.37. The van der Waals surface area contributed by atoms with Gasteiger partial charge in [-0.1, -0.05) is 11.6 Å². The van der Waals surface area contributed by atoms with Gasteiger partial charge in [0.15, 0.2) is 5.82 Å². The molecule has 1 aromatic carbocycles. The Bertz CT molecular complexity index is 1420. The Balaban J connectivity index is 1.35. The summed E-state index contributed by atoms with van der Waals surface area (Å²) in [5.74, 6) is 0.530. The van der Waals surface area contributed by atoms with Crippen molar-refractivity contribution in [3.05, 3.63) is 35.0 Å². The minimum absolute atomic E-state index is 0.00435. The number of methoxy groups -OCH3 is 1. The number of nitrogens with one attached hydrogen (secondary N) is 1. The molecule has 6 rings (SSSR count). The number of hydrogen-bond acceptors (Lipinski definition) is 8. The van der Waals surface area contributed by atoms with E-state index in [1.807, 2.05) is 24.5 Å². The number of rotatable bonds is 5. The van der Waals surface area contributed by atoms with E-state index in [4.69, 9.17) is 26.1 Å². The van der Waals surface area contributed by atoms with Gasteiger partial charge in [0.2, 0.25) is 5.95 Å². The van der Waals surface area contributed by atoms with Gasteiger partial charge in [0.25, 0.3) is 0 Å². The highest BCUT2D eigenvalue weighted by Gasteiger charge is 2.42. The third-order valence-corrected chi connectivity index (χ3v) is 8.34. The van der Waals surface area contributed by atoms with Crippen molar-refractivity contribution in [1.29, 1.82) is 0 Å². The largest absolute Gasteiger partial charge is 0.453 e. The number of aromatic nitrogens is 4. The molecule has 208 valence electrons. The number of aliphatic hydroxyl groups excluding tert-OH is 1. The zero-order valence-corrected chi connectivity index (χ0v) is 22.9. The smallest absolute Gasteiger partial charge is 0.409 e. The number of aliphatic hydroxyl groups is 1. The average Bonchev–Trinajstić information content (AvgIpc) is 3.65. The molecule has 0 saturated carbocycles. The van der Waals surface area contributed by atoms with Gasteiger partial charge in [0, 0.05) is 30.6 Å². The van der Waals surface area contributed by atoms with Crippen LogP contribution in [-0.4, -0.2) is 80.2 Å². The van der Waals surface area contributed by atoms with Crippen LogP contribution < -0.4 is 5.32 Å². The summed E-state index contributed by atoms with van der Waals surface area (Å²) in [4.78, 5) is 27.3. The second kappa shape index (κ2) is 10.2. The standard InChI is InChI=1S/C27H32ClFN6O4/c1-13(2)35-20-9-15(8-18(29)23(20)32-25(35)14-6-7-34(12-14)27(37)38-3)22-17(28)11-30-26(33-22)31-19-10-16-4-5-21(39-16)24(19)36/h8-9,11,13-14,16,19,21,24,36H,4-7,10,12H2,1-3H3,(H,30,31,33)/t14-,16-,19-,21+,24+/m1/s1. The van der Waals surface area contributed by atoms with Gasteiger partial charge in [0.05, 0.1) is 47.8 Å². The lowest BCUT2D eigenvalue weighted by Gasteiger charge is -2.33. The zero-order chi connectivity index (χ0) is 27.4. The maximum absolute atomic E-state index is 15.6. The number of likely N-dealkylation sites (tertiary alicyclic amines) is 1. The number of nitrogens with zero attached hydrogens (tertiary/aromatic N) is 5. The van der Waals surface area contributed by atoms with Gasteiger partial charge in [-0.25, -0.2) is 24.1 Å². The number of anilines is 1. The maximum atomic E-state index is 15.6. The predicted octanol–water partition coefficient (Wildman–Crippen LogP) is 4.52. The molecular weight excluding hydrogens is 527 g/mol. The molecule has 3 fully saturated rings. The first-order chi connectivity index (χ1) is 18.7. The second-order valence-electron chi connectivity index (χ2n) is 10.9. The highest BCUT2D eigenvalue weighted by atomic mass is 35.5. The fourth-order valence-electron chi connectivity index (χ4n) is 6.19. The SMILES string of the molecule is COC(=O)N1CC[C@@H](c2nc3c(F)cc(-c4nc(N[C@@H]5C[C@H]6CC[C@H](O6)[C@H]5O)ncc4Cl)cc3n2C(C)C)C1. The van der Waals surface area contributed by atoms with Crippen LogP contribution in [0.5, 0.6) is 0 Å². The minimum Gasteiger partial charge on any atom is -0.453 e. The fraction of sp³-hybridized carbons (Fsp3) is 0.556. The van der Waals surface area contributed by atoms with Crippen LogP contribution in [0.3, 0.4) is 0 Å². The highest BCUT2D eigenvalue weighted by Crippen LogP contribution is 2.37.